The number of hydrogen-bond acceptors (Lipinski definition) is 3. The van der Waals surface area contributed by atoms with E-state index in [4.69, 9.17) is 0 Å². The van der Waals surface area contributed by atoms with Crippen LogP contribution in [-0.2, 0) is 11.2 Å². The molecule has 1 atom stereocenters. The monoisotopic (exact) mass is 251 g/mol. The Morgan fingerprint density at radius 2 is 2.29 bits per heavy atom. The van der Waals surface area contributed by atoms with Crippen LogP contribution in [0.5, 0.6) is 0 Å². The summed E-state index contributed by atoms with van der Waals surface area (Å²) >= 11 is 1.63. The van der Waals surface area contributed by atoms with Crippen LogP contribution in [0.2, 0.25) is 0 Å². The molecular weight excluding hydrogens is 230 g/mol. The second-order valence-electron chi connectivity index (χ2n) is 5.79. The van der Waals surface area contributed by atoms with Crippen molar-refractivity contribution in [2.45, 2.75) is 52.9 Å². The predicted octanol–water partition coefficient (Wildman–Crippen LogP) is 3.78. The lowest BCUT2D eigenvalue weighted by Crippen LogP contribution is -2.34. The highest BCUT2D eigenvalue weighted by Gasteiger charge is 2.36. The molecule has 0 radical (unpaired) electrons. The Morgan fingerprint density at radius 3 is 2.88 bits per heavy atom. The maximum atomic E-state index is 12.4. The van der Waals surface area contributed by atoms with E-state index >= 15 is 0 Å². The summed E-state index contributed by atoms with van der Waals surface area (Å²) in [5, 5.41) is 3.07. The van der Waals surface area contributed by atoms with Crippen molar-refractivity contribution in [1.82, 2.24) is 4.98 Å². The fraction of sp³-hybridized carbons (Fsp3) is 0.714. The molecule has 0 amide bonds. The molecule has 2 rings (SSSR count). The lowest BCUT2D eigenvalue weighted by atomic mass is 9.66. The highest BCUT2D eigenvalue weighted by molar-refractivity contribution is 7.09. The quantitative estimate of drug-likeness (QED) is 0.818. The predicted molar refractivity (Wildman–Crippen MR) is 71.3 cm³/mol. The van der Waals surface area contributed by atoms with Gasteiger partial charge in [0.25, 0.3) is 0 Å². The molecule has 0 aliphatic heterocycles. The number of Topliss-reactive ketones (excluding diaryl/α,β-unsaturated/α-hetero) is 1. The van der Waals surface area contributed by atoms with Crippen molar-refractivity contribution in [3.8, 4) is 0 Å². The van der Waals surface area contributed by atoms with Gasteiger partial charge in [-0.25, -0.2) is 4.98 Å². The normalized spacial score (nSPS) is 23.6. The molecule has 0 bridgehead atoms. The van der Waals surface area contributed by atoms with Gasteiger partial charge in [-0.2, -0.15) is 0 Å². The third-order valence-electron chi connectivity index (χ3n) is 3.92. The van der Waals surface area contributed by atoms with Crippen LogP contribution >= 0.6 is 11.3 Å². The zero-order valence-electron chi connectivity index (χ0n) is 11.0. The van der Waals surface area contributed by atoms with Crippen LogP contribution in [0.15, 0.2) is 5.38 Å². The largest absolute Gasteiger partial charge is 0.299 e. The summed E-state index contributed by atoms with van der Waals surface area (Å²) in [6.45, 7) is 6.46. The third kappa shape index (κ3) is 2.95. The van der Waals surface area contributed by atoms with Crippen molar-refractivity contribution in [2.75, 3.05) is 0 Å². The third-order valence-corrected chi connectivity index (χ3v) is 4.74. The van der Waals surface area contributed by atoms with Gasteiger partial charge in [-0.3, -0.25) is 4.79 Å². The molecule has 1 heterocycles. The standard InChI is InChI=1S/C14H21NOS/c1-10-15-11(9-17-10)8-13(16)12-6-4-5-7-14(12,2)3/h9,12H,4-8H2,1-3H3. The van der Waals surface area contributed by atoms with Crippen molar-refractivity contribution < 1.29 is 4.79 Å². The Hall–Kier alpha value is -0.700. The van der Waals surface area contributed by atoms with Crippen LogP contribution in [0.3, 0.4) is 0 Å². The molecule has 1 fully saturated rings. The molecule has 94 valence electrons. The van der Waals surface area contributed by atoms with E-state index in [-0.39, 0.29) is 11.3 Å². The fourth-order valence-corrected chi connectivity index (χ4v) is 3.49. The zero-order chi connectivity index (χ0) is 12.5. The van der Waals surface area contributed by atoms with Gasteiger partial charge in [-0.05, 0) is 25.2 Å². The van der Waals surface area contributed by atoms with Crippen molar-refractivity contribution in [3.05, 3.63) is 16.1 Å². The van der Waals surface area contributed by atoms with Gasteiger partial charge < -0.3 is 0 Å². The van der Waals surface area contributed by atoms with Gasteiger partial charge in [0.15, 0.2) is 0 Å². The number of carbonyl (C=O) groups is 1. The Kier molecular flexibility index (Phi) is 3.67. The molecule has 0 saturated heterocycles. The van der Waals surface area contributed by atoms with E-state index in [1.54, 1.807) is 11.3 Å². The van der Waals surface area contributed by atoms with Crippen molar-refractivity contribution in [1.29, 1.82) is 0 Å². The first-order chi connectivity index (χ1) is 7.99. The Labute approximate surface area is 107 Å². The highest BCUT2D eigenvalue weighted by Crippen LogP contribution is 2.41. The van der Waals surface area contributed by atoms with Gasteiger partial charge in [0.1, 0.15) is 5.78 Å². The van der Waals surface area contributed by atoms with Crippen molar-refractivity contribution in [3.63, 3.8) is 0 Å². The molecule has 1 aromatic heterocycles. The number of ketones is 1. The van der Waals surface area contributed by atoms with Gasteiger partial charge in [0, 0.05) is 17.7 Å². The van der Waals surface area contributed by atoms with Crippen molar-refractivity contribution >= 4 is 17.1 Å². The first kappa shape index (κ1) is 12.7. The molecule has 17 heavy (non-hydrogen) atoms. The first-order valence-corrected chi connectivity index (χ1v) is 7.31. The van der Waals surface area contributed by atoms with E-state index in [9.17, 15) is 4.79 Å². The molecule has 1 aromatic rings. The number of nitrogens with zero attached hydrogens (tertiary/aromatic N) is 1. The van der Waals surface area contributed by atoms with Gasteiger partial charge >= 0.3 is 0 Å². The summed E-state index contributed by atoms with van der Waals surface area (Å²) in [5.74, 6) is 0.623. The number of hydrogen-bond donors (Lipinski definition) is 0. The second-order valence-corrected chi connectivity index (χ2v) is 6.85. The summed E-state index contributed by atoms with van der Waals surface area (Å²) in [6, 6.07) is 0. The maximum Gasteiger partial charge on any atom is 0.142 e. The lowest BCUT2D eigenvalue weighted by molar-refractivity contribution is -0.127. The smallest absolute Gasteiger partial charge is 0.142 e. The second kappa shape index (κ2) is 4.89. The van der Waals surface area contributed by atoms with Crippen molar-refractivity contribution in [2.24, 2.45) is 11.3 Å². The van der Waals surface area contributed by atoms with E-state index in [2.05, 4.69) is 18.8 Å². The van der Waals surface area contributed by atoms with E-state index < -0.39 is 0 Å². The SMILES string of the molecule is Cc1nc(CC(=O)C2CCCCC2(C)C)cs1. The minimum absolute atomic E-state index is 0.181. The molecule has 1 aliphatic carbocycles. The molecule has 1 saturated carbocycles. The fourth-order valence-electron chi connectivity index (χ4n) is 2.88. The number of aromatic nitrogens is 1. The Morgan fingerprint density at radius 1 is 1.53 bits per heavy atom. The molecule has 0 N–H and O–H groups in total. The average molecular weight is 251 g/mol. The molecule has 0 spiro atoms. The van der Waals surface area contributed by atoms with Crippen LogP contribution in [-0.4, -0.2) is 10.8 Å². The molecule has 3 heteroatoms. The topological polar surface area (TPSA) is 30.0 Å². The number of rotatable bonds is 3. The Balaban J connectivity index is 2.04. The highest BCUT2D eigenvalue weighted by atomic mass is 32.1. The molecule has 0 aromatic carbocycles. The van der Waals surface area contributed by atoms with E-state index in [1.165, 1.54) is 19.3 Å². The van der Waals surface area contributed by atoms with E-state index in [1.807, 2.05) is 12.3 Å². The van der Waals surface area contributed by atoms with Gasteiger partial charge in [0.05, 0.1) is 10.7 Å². The number of carbonyl (C=O) groups excluding carboxylic acids is 1. The molecule has 1 aliphatic rings. The van der Waals surface area contributed by atoms with Crippen LogP contribution in [0.4, 0.5) is 0 Å². The Bertz CT molecular complexity index is 408. The lowest BCUT2D eigenvalue weighted by Gasteiger charge is -2.37. The van der Waals surface area contributed by atoms with Gasteiger partial charge in [-0.1, -0.05) is 26.7 Å². The summed E-state index contributed by atoms with van der Waals surface area (Å²) in [4.78, 5) is 16.7. The van der Waals surface area contributed by atoms with Crippen LogP contribution < -0.4 is 0 Å². The number of thiazole rings is 1. The summed E-state index contributed by atoms with van der Waals surface area (Å²) in [6.07, 6.45) is 5.25. The minimum Gasteiger partial charge on any atom is -0.299 e. The van der Waals surface area contributed by atoms with E-state index in [0.29, 0.717) is 12.2 Å². The van der Waals surface area contributed by atoms with Crippen LogP contribution in [0.25, 0.3) is 0 Å². The molecule has 2 nitrogen and oxygen atoms in total. The minimum atomic E-state index is 0.181. The molecular formula is C14H21NOS. The van der Waals surface area contributed by atoms with Gasteiger partial charge in [0.2, 0.25) is 0 Å². The maximum absolute atomic E-state index is 12.4. The summed E-state index contributed by atoms with van der Waals surface area (Å²) < 4.78 is 0. The van der Waals surface area contributed by atoms with E-state index in [0.717, 1.165) is 17.1 Å². The van der Waals surface area contributed by atoms with Gasteiger partial charge in [-0.15, -0.1) is 11.3 Å². The first-order valence-electron chi connectivity index (χ1n) is 6.43. The van der Waals surface area contributed by atoms with Crippen LogP contribution in [0, 0.1) is 18.3 Å². The van der Waals surface area contributed by atoms with Crippen LogP contribution in [0.1, 0.15) is 50.2 Å². The molecule has 1 unspecified atom stereocenters. The summed E-state index contributed by atoms with van der Waals surface area (Å²) in [7, 11) is 0. The summed E-state index contributed by atoms with van der Waals surface area (Å²) in [5.41, 5.74) is 1.14. The average Bonchev–Trinajstić information content (AvgIpc) is 2.63. The zero-order valence-corrected chi connectivity index (χ0v) is 11.8. The number of aryl methyl sites for hydroxylation is 1.